The molecule has 1 fully saturated rings. The molecular formula is C30H26Cl2O2. The van der Waals surface area contributed by atoms with E-state index in [9.17, 15) is 10.2 Å². The van der Waals surface area contributed by atoms with Gasteiger partial charge in [0.1, 0.15) is 11.5 Å². The van der Waals surface area contributed by atoms with Gasteiger partial charge in [-0.25, -0.2) is 0 Å². The first-order chi connectivity index (χ1) is 16.5. The van der Waals surface area contributed by atoms with Gasteiger partial charge in [-0.1, -0.05) is 103 Å². The minimum atomic E-state index is -0.319. The maximum Gasteiger partial charge on any atom is 0.142 e. The van der Waals surface area contributed by atoms with E-state index in [-0.39, 0.29) is 16.9 Å². The third kappa shape index (κ3) is 4.06. The molecule has 4 aromatic rings. The van der Waals surface area contributed by atoms with Crippen molar-refractivity contribution in [1.29, 1.82) is 0 Å². The van der Waals surface area contributed by atoms with Crippen molar-refractivity contribution in [3.63, 3.8) is 0 Å². The van der Waals surface area contributed by atoms with Crippen LogP contribution in [-0.2, 0) is 5.41 Å². The summed E-state index contributed by atoms with van der Waals surface area (Å²) < 4.78 is 0. The van der Waals surface area contributed by atoms with Crippen LogP contribution in [-0.4, -0.2) is 10.2 Å². The number of halogens is 2. The zero-order valence-electron chi connectivity index (χ0n) is 18.8. The van der Waals surface area contributed by atoms with Crippen LogP contribution in [0.2, 0.25) is 10.0 Å². The van der Waals surface area contributed by atoms with Gasteiger partial charge in [0.25, 0.3) is 0 Å². The lowest BCUT2D eigenvalue weighted by molar-refractivity contribution is 0.345. The third-order valence-corrected chi connectivity index (χ3v) is 7.68. The fourth-order valence-corrected chi connectivity index (χ4v) is 5.76. The fraction of sp³-hybridized carbons (Fsp3) is 0.200. The number of hydrogen-bond donors (Lipinski definition) is 2. The fourth-order valence-electron chi connectivity index (χ4n) is 5.33. The van der Waals surface area contributed by atoms with Crippen molar-refractivity contribution in [2.24, 2.45) is 0 Å². The number of rotatable bonds is 4. The zero-order chi connectivity index (χ0) is 23.7. The lowest BCUT2D eigenvalue weighted by atomic mass is 9.64. The molecule has 172 valence electrons. The second-order valence-corrected chi connectivity index (χ2v) is 9.90. The van der Waals surface area contributed by atoms with Crippen molar-refractivity contribution in [2.75, 3.05) is 0 Å². The SMILES string of the molecule is Oc1c(Cl)cc(C2(c3cc(Cl)c(O)c(-c4ccccc4)c3)CCCCC2)cc1-c1ccccc1. The average molecular weight is 489 g/mol. The Balaban J connectivity index is 1.73. The van der Waals surface area contributed by atoms with Crippen molar-refractivity contribution in [2.45, 2.75) is 37.5 Å². The molecule has 5 rings (SSSR count). The molecule has 0 aromatic heterocycles. The normalized spacial score (nSPS) is 15.2. The monoisotopic (exact) mass is 488 g/mol. The molecule has 2 N–H and O–H groups in total. The Kier molecular flexibility index (Phi) is 6.29. The van der Waals surface area contributed by atoms with Crippen molar-refractivity contribution >= 4 is 23.2 Å². The van der Waals surface area contributed by atoms with Gasteiger partial charge in [-0.15, -0.1) is 0 Å². The summed E-state index contributed by atoms with van der Waals surface area (Å²) >= 11 is 13.2. The van der Waals surface area contributed by atoms with E-state index in [0.717, 1.165) is 59.1 Å². The molecule has 0 spiro atoms. The summed E-state index contributed by atoms with van der Waals surface area (Å²) in [6.45, 7) is 0. The second kappa shape index (κ2) is 9.37. The average Bonchev–Trinajstić information content (AvgIpc) is 2.88. The van der Waals surface area contributed by atoms with E-state index in [4.69, 9.17) is 23.2 Å². The van der Waals surface area contributed by atoms with Crippen LogP contribution in [0.3, 0.4) is 0 Å². The minimum absolute atomic E-state index is 0.0938. The largest absolute Gasteiger partial charge is 0.506 e. The number of phenols is 2. The first kappa shape index (κ1) is 22.8. The predicted molar refractivity (Wildman–Crippen MR) is 141 cm³/mol. The summed E-state index contributed by atoms with van der Waals surface area (Å²) in [4.78, 5) is 0. The van der Waals surface area contributed by atoms with Gasteiger partial charge in [-0.2, -0.15) is 0 Å². The Morgan fingerprint density at radius 3 is 1.38 bits per heavy atom. The zero-order valence-corrected chi connectivity index (χ0v) is 20.3. The first-order valence-electron chi connectivity index (χ1n) is 11.7. The lowest BCUT2D eigenvalue weighted by Crippen LogP contribution is -2.30. The van der Waals surface area contributed by atoms with Crippen LogP contribution in [0.4, 0.5) is 0 Å². The van der Waals surface area contributed by atoms with Gasteiger partial charge in [0.05, 0.1) is 10.0 Å². The van der Waals surface area contributed by atoms with E-state index in [2.05, 4.69) is 12.1 Å². The standard InChI is InChI=1S/C30H26Cl2O2/c31-26-18-22(16-24(28(26)33)20-10-4-1-5-11-20)30(14-8-3-9-15-30)23-17-25(29(34)27(32)19-23)21-12-6-2-7-13-21/h1-2,4-7,10-13,16-19,33-34H,3,8-9,14-15H2. The Labute approximate surface area is 210 Å². The molecule has 0 aliphatic heterocycles. The van der Waals surface area contributed by atoms with Crippen LogP contribution in [0.1, 0.15) is 43.2 Å². The molecule has 1 aliphatic carbocycles. The molecule has 1 aliphatic rings. The van der Waals surface area contributed by atoms with Crippen LogP contribution < -0.4 is 0 Å². The molecule has 4 heteroatoms. The maximum absolute atomic E-state index is 10.8. The summed E-state index contributed by atoms with van der Waals surface area (Å²) in [5, 5.41) is 22.3. The number of hydrogen-bond acceptors (Lipinski definition) is 2. The van der Waals surface area contributed by atoms with Crippen molar-refractivity contribution in [1.82, 2.24) is 0 Å². The third-order valence-electron chi connectivity index (χ3n) is 7.11. The summed E-state index contributed by atoms with van der Waals surface area (Å²) in [6, 6.07) is 27.6. The Bertz CT molecular complexity index is 1210. The van der Waals surface area contributed by atoms with E-state index in [1.807, 2.05) is 72.8 Å². The van der Waals surface area contributed by atoms with Crippen molar-refractivity contribution in [3.8, 4) is 33.8 Å². The number of phenolic OH excluding ortho intramolecular Hbond substituents is 2. The highest BCUT2D eigenvalue weighted by Gasteiger charge is 2.37. The molecule has 0 radical (unpaired) electrons. The molecule has 0 bridgehead atoms. The number of aromatic hydroxyl groups is 2. The van der Waals surface area contributed by atoms with Crippen LogP contribution in [0.5, 0.6) is 11.5 Å². The molecule has 4 aromatic carbocycles. The van der Waals surface area contributed by atoms with Crippen molar-refractivity contribution in [3.05, 3.63) is 106 Å². The van der Waals surface area contributed by atoms with Gasteiger partial charge in [-0.05, 0) is 59.4 Å². The summed E-state index contributed by atoms with van der Waals surface area (Å²) in [6.07, 6.45) is 5.22. The smallest absolute Gasteiger partial charge is 0.142 e. The number of benzene rings is 4. The first-order valence-corrected chi connectivity index (χ1v) is 12.4. The second-order valence-electron chi connectivity index (χ2n) is 9.08. The minimum Gasteiger partial charge on any atom is -0.506 e. The van der Waals surface area contributed by atoms with Gasteiger partial charge in [0.15, 0.2) is 0 Å². The van der Waals surface area contributed by atoms with Crippen LogP contribution in [0, 0.1) is 0 Å². The quantitative estimate of drug-likeness (QED) is 0.300. The summed E-state index contributed by atoms with van der Waals surface area (Å²) in [5.74, 6) is 0.188. The van der Waals surface area contributed by atoms with Crippen molar-refractivity contribution < 1.29 is 10.2 Å². The van der Waals surface area contributed by atoms with Gasteiger partial charge in [-0.3, -0.25) is 0 Å². The van der Waals surface area contributed by atoms with E-state index in [1.165, 1.54) is 6.42 Å². The van der Waals surface area contributed by atoms with E-state index >= 15 is 0 Å². The van der Waals surface area contributed by atoms with Crippen LogP contribution in [0.15, 0.2) is 84.9 Å². The highest BCUT2D eigenvalue weighted by atomic mass is 35.5. The van der Waals surface area contributed by atoms with Gasteiger partial charge < -0.3 is 10.2 Å². The van der Waals surface area contributed by atoms with Gasteiger partial charge >= 0.3 is 0 Å². The molecule has 0 unspecified atom stereocenters. The molecular weight excluding hydrogens is 463 g/mol. The summed E-state index contributed by atoms with van der Waals surface area (Å²) in [5.41, 5.74) is 5.10. The Morgan fingerprint density at radius 1 is 0.559 bits per heavy atom. The topological polar surface area (TPSA) is 40.5 Å². The van der Waals surface area contributed by atoms with Crippen LogP contribution in [0.25, 0.3) is 22.3 Å². The molecule has 0 amide bonds. The van der Waals surface area contributed by atoms with E-state index in [0.29, 0.717) is 10.0 Å². The van der Waals surface area contributed by atoms with Crippen LogP contribution >= 0.6 is 23.2 Å². The van der Waals surface area contributed by atoms with E-state index in [1.54, 1.807) is 0 Å². The lowest BCUT2D eigenvalue weighted by Gasteiger charge is -2.39. The van der Waals surface area contributed by atoms with Gasteiger partial charge in [0, 0.05) is 16.5 Å². The highest BCUT2D eigenvalue weighted by Crippen LogP contribution is 2.51. The molecule has 2 nitrogen and oxygen atoms in total. The molecule has 0 saturated heterocycles. The molecule has 0 heterocycles. The molecule has 1 saturated carbocycles. The predicted octanol–water partition coefficient (Wildman–Crippen LogP) is 8.99. The van der Waals surface area contributed by atoms with E-state index < -0.39 is 0 Å². The summed E-state index contributed by atoms with van der Waals surface area (Å²) in [7, 11) is 0. The van der Waals surface area contributed by atoms with Gasteiger partial charge in [0.2, 0.25) is 0 Å². The molecule has 34 heavy (non-hydrogen) atoms. The molecule has 0 atom stereocenters. The maximum atomic E-state index is 10.8. The Hall–Kier alpha value is -2.94. The Morgan fingerprint density at radius 2 is 0.971 bits per heavy atom. The highest BCUT2D eigenvalue weighted by molar-refractivity contribution is 6.33.